The number of pyridine rings is 2. The highest BCUT2D eigenvalue weighted by Crippen LogP contribution is 2.32. The normalized spacial score (nSPS) is 19.3. The van der Waals surface area contributed by atoms with E-state index < -0.39 is 5.41 Å². The summed E-state index contributed by atoms with van der Waals surface area (Å²) in [6.07, 6.45) is 5.40. The van der Waals surface area contributed by atoms with E-state index in [1.165, 1.54) is 0 Å². The third kappa shape index (κ3) is 5.09. The van der Waals surface area contributed by atoms with Gasteiger partial charge in [-0.2, -0.15) is 5.26 Å². The molecule has 2 aliphatic rings. The molecule has 2 aliphatic heterocycles. The predicted molar refractivity (Wildman–Crippen MR) is 144 cm³/mol. The second-order valence-corrected chi connectivity index (χ2v) is 10.2. The molecule has 3 aromatic heterocycles. The lowest BCUT2D eigenvalue weighted by atomic mass is 9.79. The van der Waals surface area contributed by atoms with Gasteiger partial charge in [0.1, 0.15) is 11.2 Å². The van der Waals surface area contributed by atoms with Gasteiger partial charge >= 0.3 is 0 Å². The first-order valence-corrected chi connectivity index (χ1v) is 13.1. The summed E-state index contributed by atoms with van der Waals surface area (Å²) in [6.45, 7) is 4.30. The molecule has 1 atom stereocenters. The molecule has 1 fully saturated rings. The third-order valence-corrected chi connectivity index (χ3v) is 7.44. The number of hydrogen-bond donors (Lipinski definition) is 1. The molecule has 196 valence electrons. The minimum Gasteiger partial charge on any atom is -0.381 e. The van der Waals surface area contributed by atoms with E-state index in [4.69, 9.17) is 19.4 Å². The van der Waals surface area contributed by atoms with Crippen LogP contribution in [-0.2, 0) is 28.0 Å². The lowest BCUT2D eigenvalue weighted by molar-refractivity contribution is 0.0757. The summed E-state index contributed by atoms with van der Waals surface area (Å²) in [5.41, 5.74) is 4.51. The van der Waals surface area contributed by atoms with Crippen molar-refractivity contribution in [2.75, 3.05) is 19.8 Å². The number of carbonyl (C=O) groups excluding carboxylic acids is 1. The summed E-state index contributed by atoms with van der Waals surface area (Å²) in [5.74, 6) is 0.908. The van der Waals surface area contributed by atoms with Crippen LogP contribution in [0.4, 0.5) is 0 Å². The van der Waals surface area contributed by atoms with Crippen LogP contribution in [0.5, 0.6) is 0 Å². The molecule has 1 saturated heterocycles. The van der Waals surface area contributed by atoms with Crippen molar-refractivity contribution in [1.29, 1.82) is 5.26 Å². The van der Waals surface area contributed by atoms with E-state index in [0.29, 0.717) is 30.4 Å². The van der Waals surface area contributed by atoms with Crippen molar-refractivity contribution in [3.8, 4) is 17.5 Å². The molecule has 0 aliphatic carbocycles. The number of ether oxygens (including phenoxy) is 2. The molecule has 9 heteroatoms. The molecule has 1 amide bonds. The van der Waals surface area contributed by atoms with Crippen molar-refractivity contribution in [3.05, 3.63) is 83.1 Å². The number of nitriles is 1. The Labute approximate surface area is 226 Å². The number of carbonyl (C=O) groups is 1. The first-order valence-electron chi connectivity index (χ1n) is 13.1. The topological polar surface area (TPSA) is 123 Å². The molecular weight excluding hydrogens is 492 g/mol. The van der Waals surface area contributed by atoms with Gasteiger partial charge in [-0.15, -0.1) is 0 Å². The number of fused-ring (bicyclic) bond motifs is 2. The first kappa shape index (κ1) is 25.0. The molecule has 1 N–H and O–H groups in total. The van der Waals surface area contributed by atoms with E-state index in [2.05, 4.69) is 21.4 Å². The number of nitrogens with zero attached hydrogens (tertiary/aromatic N) is 5. The van der Waals surface area contributed by atoms with E-state index in [9.17, 15) is 10.1 Å². The maximum atomic E-state index is 13.0. The quantitative estimate of drug-likeness (QED) is 0.415. The number of nitrogens with one attached hydrogen (secondary N) is 1. The van der Waals surface area contributed by atoms with Gasteiger partial charge in [0.2, 0.25) is 0 Å². The van der Waals surface area contributed by atoms with Crippen LogP contribution < -0.4 is 5.32 Å². The predicted octanol–water partition coefficient (Wildman–Crippen LogP) is 4.22. The molecule has 0 saturated carbocycles. The van der Waals surface area contributed by atoms with Gasteiger partial charge in [0.05, 0.1) is 48.4 Å². The van der Waals surface area contributed by atoms with Crippen molar-refractivity contribution in [3.63, 3.8) is 0 Å². The molecule has 1 aromatic carbocycles. The highest BCUT2D eigenvalue weighted by molar-refractivity contribution is 5.94. The summed E-state index contributed by atoms with van der Waals surface area (Å²) < 4.78 is 11.0. The largest absolute Gasteiger partial charge is 0.381 e. The molecule has 5 heterocycles. The molecule has 0 unspecified atom stereocenters. The zero-order chi connectivity index (χ0) is 26.8. The van der Waals surface area contributed by atoms with Crippen molar-refractivity contribution >= 4 is 16.8 Å². The van der Waals surface area contributed by atoms with Crippen LogP contribution in [-0.4, -0.2) is 45.7 Å². The third-order valence-electron chi connectivity index (χ3n) is 7.44. The zero-order valence-electron chi connectivity index (χ0n) is 21.7. The van der Waals surface area contributed by atoms with Crippen LogP contribution in [0, 0.1) is 11.3 Å². The molecule has 0 spiro atoms. The van der Waals surface area contributed by atoms with Gasteiger partial charge < -0.3 is 14.8 Å². The number of aromatic nitrogens is 4. The molecule has 39 heavy (non-hydrogen) atoms. The SMILES string of the molecule is C[C@@]1(C#N)COCc2ccc(C(=O)NCc3cc4nc(-c5ccnc(C6CCOCC6)n5)ccc4cn3)cc21. The Balaban J connectivity index is 1.19. The molecule has 0 radical (unpaired) electrons. The molecule has 9 nitrogen and oxygen atoms in total. The Morgan fingerprint density at radius 3 is 2.77 bits per heavy atom. The van der Waals surface area contributed by atoms with E-state index in [1.807, 2.05) is 37.3 Å². The summed E-state index contributed by atoms with van der Waals surface area (Å²) in [7, 11) is 0. The van der Waals surface area contributed by atoms with Crippen LogP contribution >= 0.6 is 0 Å². The van der Waals surface area contributed by atoms with Gasteiger partial charge in [0, 0.05) is 42.5 Å². The minimum atomic E-state index is -0.775. The zero-order valence-corrected chi connectivity index (χ0v) is 21.7. The Morgan fingerprint density at radius 2 is 1.92 bits per heavy atom. The van der Waals surface area contributed by atoms with Gasteiger partial charge in [-0.25, -0.2) is 15.0 Å². The average molecular weight is 521 g/mol. The van der Waals surface area contributed by atoms with Crippen molar-refractivity contribution in [2.24, 2.45) is 0 Å². The van der Waals surface area contributed by atoms with Crippen molar-refractivity contribution in [1.82, 2.24) is 25.3 Å². The van der Waals surface area contributed by atoms with Crippen LogP contribution in [0.3, 0.4) is 0 Å². The second kappa shape index (κ2) is 10.5. The van der Waals surface area contributed by atoms with Gasteiger partial charge in [0.15, 0.2) is 0 Å². The van der Waals surface area contributed by atoms with E-state index in [-0.39, 0.29) is 12.5 Å². The first-order chi connectivity index (χ1) is 19.0. The second-order valence-electron chi connectivity index (χ2n) is 10.2. The van der Waals surface area contributed by atoms with Gasteiger partial charge in [-0.05, 0) is 67.3 Å². The maximum absolute atomic E-state index is 13.0. The van der Waals surface area contributed by atoms with Crippen LogP contribution in [0.1, 0.15) is 58.7 Å². The number of benzene rings is 1. The molecule has 6 rings (SSSR count). The monoisotopic (exact) mass is 520 g/mol. The summed E-state index contributed by atoms with van der Waals surface area (Å²) >= 11 is 0. The summed E-state index contributed by atoms with van der Waals surface area (Å²) in [6, 6.07) is 15.4. The number of rotatable bonds is 5. The lowest BCUT2D eigenvalue weighted by Crippen LogP contribution is -2.33. The summed E-state index contributed by atoms with van der Waals surface area (Å²) in [4.78, 5) is 31.6. The highest BCUT2D eigenvalue weighted by atomic mass is 16.5. The van der Waals surface area contributed by atoms with Crippen LogP contribution in [0.2, 0.25) is 0 Å². The smallest absolute Gasteiger partial charge is 0.251 e. The van der Waals surface area contributed by atoms with Crippen LogP contribution in [0.15, 0.2) is 54.9 Å². The van der Waals surface area contributed by atoms with E-state index >= 15 is 0 Å². The number of amides is 1. The van der Waals surface area contributed by atoms with Crippen molar-refractivity contribution in [2.45, 2.75) is 44.2 Å². The molecule has 4 aromatic rings. The molecular formula is C30H28N6O3. The van der Waals surface area contributed by atoms with Crippen molar-refractivity contribution < 1.29 is 14.3 Å². The highest BCUT2D eigenvalue weighted by Gasteiger charge is 2.33. The summed E-state index contributed by atoms with van der Waals surface area (Å²) in [5, 5.41) is 13.5. The maximum Gasteiger partial charge on any atom is 0.251 e. The fourth-order valence-corrected chi connectivity index (χ4v) is 5.13. The number of hydrogen-bond acceptors (Lipinski definition) is 8. The average Bonchev–Trinajstić information content (AvgIpc) is 3.00. The van der Waals surface area contributed by atoms with Crippen LogP contribution in [0.25, 0.3) is 22.3 Å². The lowest BCUT2D eigenvalue weighted by Gasteiger charge is -2.30. The van der Waals surface area contributed by atoms with E-state index in [0.717, 1.165) is 65.3 Å². The minimum absolute atomic E-state index is 0.227. The Hall–Kier alpha value is -4.26. The Kier molecular flexibility index (Phi) is 6.73. The van der Waals surface area contributed by atoms with E-state index in [1.54, 1.807) is 24.5 Å². The van der Waals surface area contributed by atoms with Gasteiger partial charge in [-0.1, -0.05) is 6.07 Å². The van der Waals surface area contributed by atoms with Gasteiger partial charge in [-0.3, -0.25) is 9.78 Å². The van der Waals surface area contributed by atoms with Gasteiger partial charge in [0.25, 0.3) is 5.91 Å². The fraction of sp³-hybridized carbons (Fsp3) is 0.333. The fourth-order valence-electron chi connectivity index (χ4n) is 5.13. The standard InChI is InChI=1S/C30H28N6O3/c1-30(17-31)18-39-16-22-3-2-20(12-24(22)30)29(37)34-15-23-13-27-21(14-33-23)4-5-25(35-27)26-6-9-32-28(36-26)19-7-10-38-11-8-19/h2-6,9,12-14,19H,7-8,10-11,15-16,18H2,1H3,(H,34,37)/t30-/m1/s1. The Bertz CT molecular complexity index is 1590. The molecule has 0 bridgehead atoms. The Morgan fingerprint density at radius 1 is 1.08 bits per heavy atom.